The van der Waals surface area contributed by atoms with Crippen molar-refractivity contribution in [3.63, 3.8) is 0 Å². The van der Waals surface area contributed by atoms with E-state index < -0.39 is 0 Å². The number of aromatic nitrogens is 3. The van der Waals surface area contributed by atoms with Crippen molar-refractivity contribution in [1.29, 1.82) is 0 Å². The first-order chi connectivity index (χ1) is 13.4. The van der Waals surface area contributed by atoms with Gasteiger partial charge in [-0.15, -0.1) is 0 Å². The van der Waals surface area contributed by atoms with Crippen LogP contribution in [0.25, 0.3) is 22.2 Å². The zero-order valence-electron chi connectivity index (χ0n) is 16.8. The van der Waals surface area contributed by atoms with Crippen LogP contribution in [0.3, 0.4) is 0 Å². The number of methoxy groups -OCH3 is 3. The summed E-state index contributed by atoms with van der Waals surface area (Å²) in [7, 11) is 7.96. The lowest BCUT2D eigenvalue weighted by Gasteiger charge is -2.13. The Kier molecular flexibility index (Phi) is 5.60. The lowest BCUT2D eigenvalue weighted by atomic mass is 10.1. The fourth-order valence-corrected chi connectivity index (χ4v) is 3.44. The molecule has 0 saturated heterocycles. The highest BCUT2D eigenvalue weighted by Crippen LogP contribution is 2.35. The van der Waals surface area contributed by atoms with E-state index in [-0.39, 0.29) is 11.2 Å². The molecule has 2 heterocycles. The summed E-state index contributed by atoms with van der Waals surface area (Å²) in [6.07, 6.45) is 2.62. The fraction of sp³-hybridized carbons (Fsp3) is 0.400. The molecule has 0 fully saturated rings. The predicted octanol–water partition coefficient (Wildman–Crippen LogP) is 1.76. The molecule has 0 atom stereocenters. The summed E-state index contributed by atoms with van der Waals surface area (Å²) < 4.78 is 20.5. The normalized spacial score (nSPS) is 11.2. The Balaban J connectivity index is 2.34. The van der Waals surface area contributed by atoms with Gasteiger partial charge in [0.15, 0.2) is 11.5 Å². The minimum Gasteiger partial charge on any atom is -0.493 e. The molecule has 0 aliphatic rings. The van der Waals surface area contributed by atoms with E-state index in [0.717, 1.165) is 22.2 Å². The van der Waals surface area contributed by atoms with Crippen LogP contribution in [0.15, 0.2) is 34.0 Å². The molecule has 0 bridgehead atoms. The van der Waals surface area contributed by atoms with Gasteiger partial charge in [0.05, 0.1) is 30.8 Å². The second-order valence-electron chi connectivity index (χ2n) is 6.55. The molecule has 0 radical (unpaired) electrons. The van der Waals surface area contributed by atoms with E-state index in [2.05, 4.69) is 0 Å². The topological polar surface area (TPSA) is 76.6 Å². The Hall–Kier alpha value is -3.00. The van der Waals surface area contributed by atoms with Gasteiger partial charge in [-0.25, -0.2) is 4.79 Å². The van der Waals surface area contributed by atoms with Crippen LogP contribution in [-0.4, -0.2) is 41.6 Å². The number of aryl methyl sites for hydroxylation is 2. The second kappa shape index (κ2) is 7.93. The van der Waals surface area contributed by atoms with Crippen molar-refractivity contribution in [1.82, 2.24) is 13.7 Å². The van der Waals surface area contributed by atoms with E-state index in [1.165, 1.54) is 11.6 Å². The maximum atomic E-state index is 13.0. The lowest BCUT2D eigenvalue weighted by molar-refractivity contribution is 0.190. The molecule has 0 aliphatic carbocycles. The van der Waals surface area contributed by atoms with E-state index >= 15 is 0 Å². The Morgan fingerprint density at radius 1 is 0.964 bits per heavy atom. The van der Waals surface area contributed by atoms with Crippen molar-refractivity contribution < 1.29 is 14.2 Å². The number of benzene rings is 1. The van der Waals surface area contributed by atoms with E-state index in [1.807, 2.05) is 22.9 Å². The quantitative estimate of drug-likeness (QED) is 0.578. The Morgan fingerprint density at radius 3 is 2.32 bits per heavy atom. The SMILES string of the molecule is COCCCn1cc2c(c1-c1ccc(OC)c(OC)c1)c(=O)n(C)c(=O)n2C. The van der Waals surface area contributed by atoms with Crippen LogP contribution in [0.5, 0.6) is 11.5 Å². The van der Waals surface area contributed by atoms with Gasteiger partial charge >= 0.3 is 5.69 Å². The molecule has 0 aliphatic heterocycles. The molecule has 1 aromatic carbocycles. The highest BCUT2D eigenvalue weighted by Gasteiger charge is 2.20. The zero-order valence-corrected chi connectivity index (χ0v) is 16.8. The summed E-state index contributed by atoms with van der Waals surface area (Å²) >= 11 is 0. The predicted molar refractivity (Wildman–Crippen MR) is 107 cm³/mol. The summed E-state index contributed by atoms with van der Waals surface area (Å²) in [5, 5.41) is 0.495. The summed E-state index contributed by atoms with van der Waals surface area (Å²) in [5.41, 5.74) is 1.46. The van der Waals surface area contributed by atoms with Crippen molar-refractivity contribution in [2.45, 2.75) is 13.0 Å². The molecule has 28 heavy (non-hydrogen) atoms. The molecule has 0 saturated carbocycles. The first-order valence-electron chi connectivity index (χ1n) is 8.94. The molecular weight excluding hydrogens is 362 g/mol. The Bertz CT molecular complexity index is 1120. The largest absolute Gasteiger partial charge is 0.493 e. The number of ether oxygens (including phenoxy) is 3. The van der Waals surface area contributed by atoms with E-state index in [4.69, 9.17) is 14.2 Å². The summed E-state index contributed by atoms with van der Waals surface area (Å²) in [6, 6.07) is 5.53. The van der Waals surface area contributed by atoms with Gasteiger partial charge in [-0.05, 0) is 24.6 Å². The molecule has 0 amide bonds. The average molecular weight is 387 g/mol. The number of hydrogen-bond acceptors (Lipinski definition) is 5. The third kappa shape index (κ3) is 3.20. The van der Waals surface area contributed by atoms with Crippen LogP contribution in [0.4, 0.5) is 0 Å². The van der Waals surface area contributed by atoms with Crippen molar-refractivity contribution >= 4 is 10.9 Å². The van der Waals surface area contributed by atoms with Gasteiger partial charge in [-0.3, -0.25) is 13.9 Å². The second-order valence-corrected chi connectivity index (χ2v) is 6.55. The Morgan fingerprint density at radius 2 is 1.68 bits per heavy atom. The molecule has 0 spiro atoms. The molecule has 2 aromatic heterocycles. The summed E-state index contributed by atoms with van der Waals surface area (Å²) in [6.45, 7) is 1.24. The van der Waals surface area contributed by atoms with Gasteiger partial charge < -0.3 is 18.8 Å². The standard InChI is InChI=1S/C20H25N3O5/c1-21-14-12-23(9-6-10-26-3)18(17(14)19(24)22(2)20(21)25)13-7-8-15(27-4)16(11-13)28-5/h7-8,11-12H,6,9-10H2,1-5H3. The van der Waals surface area contributed by atoms with Crippen LogP contribution >= 0.6 is 0 Å². The number of fused-ring (bicyclic) bond motifs is 1. The third-order valence-corrected chi connectivity index (χ3v) is 4.92. The number of nitrogens with zero attached hydrogens (tertiary/aromatic N) is 3. The molecular formula is C20H25N3O5. The summed E-state index contributed by atoms with van der Waals surface area (Å²) in [4.78, 5) is 25.3. The van der Waals surface area contributed by atoms with Gasteiger partial charge in [-0.1, -0.05) is 0 Å². The van der Waals surface area contributed by atoms with Crippen molar-refractivity contribution in [2.24, 2.45) is 14.1 Å². The number of hydrogen-bond donors (Lipinski definition) is 0. The molecule has 8 nitrogen and oxygen atoms in total. The highest BCUT2D eigenvalue weighted by molar-refractivity contribution is 5.94. The number of rotatable bonds is 7. The minimum absolute atomic E-state index is 0.326. The van der Waals surface area contributed by atoms with Crippen molar-refractivity contribution in [3.05, 3.63) is 45.2 Å². The zero-order chi connectivity index (χ0) is 20.4. The van der Waals surface area contributed by atoms with Crippen LogP contribution in [0, 0.1) is 0 Å². The smallest absolute Gasteiger partial charge is 0.330 e. The van der Waals surface area contributed by atoms with E-state index in [0.29, 0.717) is 35.6 Å². The van der Waals surface area contributed by atoms with Crippen molar-refractivity contribution in [3.8, 4) is 22.8 Å². The lowest BCUT2D eigenvalue weighted by Crippen LogP contribution is -2.36. The first-order valence-corrected chi connectivity index (χ1v) is 8.94. The monoisotopic (exact) mass is 387 g/mol. The average Bonchev–Trinajstić information content (AvgIpc) is 3.09. The van der Waals surface area contributed by atoms with Crippen LogP contribution < -0.4 is 20.7 Å². The van der Waals surface area contributed by atoms with Crippen LogP contribution in [-0.2, 0) is 25.4 Å². The van der Waals surface area contributed by atoms with Gasteiger partial charge in [0.25, 0.3) is 5.56 Å². The molecule has 150 valence electrons. The van der Waals surface area contributed by atoms with Gasteiger partial charge in [-0.2, -0.15) is 0 Å². The molecule has 0 unspecified atom stereocenters. The van der Waals surface area contributed by atoms with Gasteiger partial charge in [0, 0.05) is 46.1 Å². The first kappa shape index (κ1) is 19.8. The van der Waals surface area contributed by atoms with Crippen LogP contribution in [0.2, 0.25) is 0 Å². The van der Waals surface area contributed by atoms with E-state index in [9.17, 15) is 9.59 Å². The Labute approximate surface area is 162 Å². The van der Waals surface area contributed by atoms with Gasteiger partial charge in [0.2, 0.25) is 0 Å². The molecule has 0 N–H and O–H groups in total. The minimum atomic E-state index is -0.356. The maximum Gasteiger partial charge on any atom is 0.330 e. The van der Waals surface area contributed by atoms with Crippen molar-refractivity contribution in [2.75, 3.05) is 27.9 Å². The van der Waals surface area contributed by atoms with E-state index in [1.54, 1.807) is 34.4 Å². The third-order valence-electron chi connectivity index (χ3n) is 4.92. The molecule has 3 rings (SSSR count). The maximum absolute atomic E-state index is 13.0. The van der Waals surface area contributed by atoms with Crippen LogP contribution in [0.1, 0.15) is 6.42 Å². The van der Waals surface area contributed by atoms with Gasteiger partial charge in [0.1, 0.15) is 0 Å². The molecule has 8 heteroatoms. The fourth-order valence-electron chi connectivity index (χ4n) is 3.44. The summed E-state index contributed by atoms with van der Waals surface area (Å²) in [5.74, 6) is 1.17. The highest BCUT2D eigenvalue weighted by atomic mass is 16.5. The molecule has 3 aromatic rings.